The maximum atomic E-state index is 12.0. The first kappa shape index (κ1) is 13.7. The van der Waals surface area contributed by atoms with E-state index in [2.05, 4.69) is 6.92 Å². The second-order valence-electron chi connectivity index (χ2n) is 4.88. The zero-order valence-electron chi connectivity index (χ0n) is 11.6. The highest BCUT2D eigenvalue weighted by molar-refractivity contribution is 5.70. The summed E-state index contributed by atoms with van der Waals surface area (Å²) in [4.78, 5) is 13.8. The number of methoxy groups -OCH3 is 1. The van der Waals surface area contributed by atoms with E-state index >= 15 is 0 Å². The van der Waals surface area contributed by atoms with Crippen LogP contribution in [0.5, 0.6) is 11.5 Å². The van der Waals surface area contributed by atoms with E-state index in [1.54, 1.807) is 36.3 Å². The van der Waals surface area contributed by atoms with Crippen LogP contribution in [0.2, 0.25) is 0 Å². The lowest BCUT2D eigenvalue weighted by Crippen LogP contribution is -2.40. The summed E-state index contributed by atoms with van der Waals surface area (Å²) in [6.07, 6.45) is 3.10. The van der Waals surface area contributed by atoms with Crippen molar-refractivity contribution in [2.75, 3.05) is 20.2 Å². The molecule has 104 valence electrons. The molecule has 1 aromatic rings. The van der Waals surface area contributed by atoms with Crippen molar-refractivity contribution >= 4 is 6.09 Å². The van der Waals surface area contributed by atoms with E-state index in [1.807, 2.05) is 0 Å². The average Bonchev–Trinajstić information content (AvgIpc) is 2.48. The van der Waals surface area contributed by atoms with Crippen molar-refractivity contribution in [2.24, 2.45) is 5.92 Å². The molecule has 19 heavy (non-hydrogen) atoms. The third-order valence-electron chi connectivity index (χ3n) is 3.71. The fourth-order valence-corrected chi connectivity index (χ4v) is 2.33. The zero-order valence-corrected chi connectivity index (χ0v) is 11.6. The number of ether oxygens (including phenoxy) is 2. The van der Waals surface area contributed by atoms with Gasteiger partial charge in [-0.3, -0.25) is 0 Å². The summed E-state index contributed by atoms with van der Waals surface area (Å²) in [6, 6.07) is 7.06. The lowest BCUT2D eigenvalue weighted by atomic mass is 9.95. The number of amides is 1. The third-order valence-corrected chi connectivity index (χ3v) is 3.71. The maximum absolute atomic E-state index is 12.0. The van der Waals surface area contributed by atoms with Gasteiger partial charge in [-0.25, -0.2) is 4.79 Å². The number of hydrogen-bond acceptors (Lipinski definition) is 3. The largest absolute Gasteiger partial charge is 0.497 e. The van der Waals surface area contributed by atoms with E-state index in [-0.39, 0.29) is 6.09 Å². The molecule has 4 heteroatoms. The van der Waals surface area contributed by atoms with Crippen molar-refractivity contribution in [3.63, 3.8) is 0 Å². The first-order valence-corrected chi connectivity index (χ1v) is 6.83. The first-order chi connectivity index (χ1) is 9.22. The lowest BCUT2D eigenvalue weighted by Gasteiger charge is -2.30. The highest BCUT2D eigenvalue weighted by Gasteiger charge is 2.23. The Kier molecular flexibility index (Phi) is 4.66. The number of likely N-dealkylation sites (tertiary alicyclic amines) is 1. The summed E-state index contributed by atoms with van der Waals surface area (Å²) in [5.41, 5.74) is 0. The molecule has 2 rings (SSSR count). The first-order valence-electron chi connectivity index (χ1n) is 6.83. The molecule has 0 N–H and O–H groups in total. The molecule has 0 radical (unpaired) electrons. The Morgan fingerprint density at radius 1 is 1.21 bits per heavy atom. The van der Waals surface area contributed by atoms with Crippen LogP contribution in [0.15, 0.2) is 24.3 Å². The third kappa shape index (κ3) is 3.63. The second-order valence-corrected chi connectivity index (χ2v) is 4.88. The summed E-state index contributed by atoms with van der Waals surface area (Å²) in [7, 11) is 1.61. The Labute approximate surface area is 114 Å². The van der Waals surface area contributed by atoms with Gasteiger partial charge in [0.05, 0.1) is 7.11 Å². The molecule has 1 amide bonds. The van der Waals surface area contributed by atoms with E-state index in [0.717, 1.165) is 37.6 Å². The average molecular weight is 263 g/mol. The van der Waals surface area contributed by atoms with Gasteiger partial charge in [0.25, 0.3) is 0 Å². The predicted molar refractivity (Wildman–Crippen MR) is 73.6 cm³/mol. The van der Waals surface area contributed by atoms with Crippen molar-refractivity contribution in [1.29, 1.82) is 0 Å². The Morgan fingerprint density at radius 3 is 2.32 bits per heavy atom. The van der Waals surface area contributed by atoms with Crippen molar-refractivity contribution < 1.29 is 14.3 Å². The minimum absolute atomic E-state index is 0.250. The molecule has 1 aliphatic heterocycles. The van der Waals surface area contributed by atoms with E-state index in [0.29, 0.717) is 5.75 Å². The van der Waals surface area contributed by atoms with Crippen LogP contribution in [-0.4, -0.2) is 31.2 Å². The van der Waals surface area contributed by atoms with Crippen molar-refractivity contribution in [3.05, 3.63) is 24.3 Å². The monoisotopic (exact) mass is 263 g/mol. The number of carbonyl (C=O) groups excluding carboxylic acids is 1. The van der Waals surface area contributed by atoms with Gasteiger partial charge in [0.1, 0.15) is 11.5 Å². The molecule has 0 unspecified atom stereocenters. The van der Waals surface area contributed by atoms with Crippen LogP contribution in [0, 0.1) is 5.92 Å². The molecular weight excluding hydrogens is 242 g/mol. The summed E-state index contributed by atoms with van der Waals surface area (Å²) in [6.45, 7) is 3.80. The minimum Gasteiger partial charge on any atom is -0.497 e. The normalized spacial score (nSPS) is 16.2. The molecule has 1 saturated heterocycles. The number of hydrogen-bond donors (Lipinski definition) is 0. The summed E-state index contributed by atoms with van der Waals surface area (Å²) < 4.78 is 10.4. The Bertz CT molecular complexity index is 408. The molecule has 0 saturated carbocycles. The Balaban J connectivity index is 1.86. The van der Waals surface area contributed by atoms with Crippen LogP contribution in [0.25, 0.3) is 0 Å². The van der Waals surface area contributed by atoms with Gasteiger partial charge >= 0.3 is 6.09 Å². The molecule has 4 nitrogen and oxygen atoms in total. The number of carbonyl (C=O) groups is 1. The van der Waals surface area contributed by atoms with Gasteiger partial charge in [-0.05, 0) is 43.0 Å². The highest BCUT2D eigenvalue weighted by Crippen LogP contribution is 2.22. The van der Waals surface area contributed by atoms with Crippen molar-refractivity contribution in [3.8, 4) is 11.5 Å². The summed E-state index contributed by atoms with van der Waals surface area (Å²) in [5.74, 6) is 2.07. The zero-order chi connectivity index (χ0) is 13.7. The number of benzene rings is 1. The molecule has 1 aliphatic rings. The molecular formula is C15H21NO3. The topological polar surface area (TPSA) is 38.8 Å². The van der Waals surface area contributed by atoms with E-state index in [9.17, 15) is 4.79 Å². The molecule has 0 atom stereocenters. The molecule has 1 aromatic carbocycles. The lowest BCUT2D eigenvalue weighted by molar-refractivity contribution is 0.130. The van der Waals surface area contributed by atoms with Gasteiger partial charge in [-0.15, -0.1) is 0 Å². The number of nitrogens with zero attached hydrogens (tertiary/aromatic N) is 1. The molecule has 0 spiro atoms. The molecule has 0 aliphatic carbocycles. The SMILES string of the molecule is CCC1CCN(C(=O)Oc2ccc(OC)cc2)CC1. The smallest absolute Gasteiger partial charge is 0.415 e. The van der Waals surface area contributed by atoms with Crippen LogP contribution in [0.1, 0.15) is 26.2 Å². The second kappa shape index (κ2) is 6.45. The highest BCUT2D eigenvalue weighted by atomic mass is 16.6. The van der Waals surface area contributed by atoms with Gasteiger partial charge in [0.15, 0.2) is 0 Å². The van der Waals surface area contributed by atoms with Crippen LogP contribution >= 0.6 is 0 Å². The predicted octanol–water partition coefficient (Wildman–Crippen LogP) is 3.32. The molecule has 1 fully saturated rings. The van der Waals surface area contributed by atoms with Gasteiger partial charge in [-0.2, -0.15) is 0 Å². The Hall–Kier alpha value is -1.71. The van der Waals surface area contributed by atoms with Crippen molar-refractivity contribution in [1.82, 2.24) is 4.90 Å². The van der Waals surface area contributed by atoms with Gasteiger partial charge in [-0.1, -0.05) is 13.3 Å². The van der Waals surface area contributed by atoms with E-state index < -0.39 is 0 Å². The molecule has 0 aromatic heterocycles. The van der Waals surface area contributed by atoms with Crippen LogP contribution < -0.4 is 9.47 Å². The molecule has 1 heterocycles. The van der Waals surface area contributed by atoms with Crippen molar-refractivity contribution in [2.45, 2.75) is 26.2 Å². The quantitative estimate of drug-likeness (QED) is 0.839. The van der Waals surface area contributed by atoms with E-state index in [1.165, 1.54) is 6.42 Å². The summed E-state index contributed by atoms with van der Waals surface area (Å²) in [5, 5.41) is 0. The van der Waals surface area contributed by atoms with Crippen LogP contribution in [-0.2, 0) is 0 Å². The van der Waals surface area contributed by atoms with Gasteiger partial charge in [0, 0.05) is 13.1 Å². The van der Waals surface area contributed by atoms with Gasteiger partial charge < -0.3 is 14.4 Å². The molecule has 0 bridgehead atoms. The fourth-order valence-electron chi connectivity index (χ4n) is 2.33. The maximum Gasteiger partial charge on any atom is 0.415 e. The number of piperidine rings is 1. The van der Waals surface area contributed by atoms with Crippen LogP contribution in [0.3, 0.4) is 0 Å². The fraction of sp³-hybridized carbons (Fsp3) is 0.533. The minimum atomic E-state index is -0.250. The van der Waals surface area contributed by atoms with E-state index in [4.69, 9.17) is 9.47 Å². The standard InChI is InChI=1S/C15H21NO3/c1-3-12-8-10-16(11-9-12)15(17)19-14-6-4-13(18-2)5-7-14/h4-7,12H,3,8-11H2,1-2H3. The van der Waals surface area contributed by atoms with Crippen LogP contribution in [0.4, 0.5) is 4.79 Å². The Morgan fingerprint density at radius 2 is 1.79 bits per heavy atom. The van der Waals surface area contributed by atoms with Gasteiger partial charge in [0.2, 0.25) is 0 Å². The number of rotatable bonds is 3. The summed E-state index contributed by atoms with van der Waals surface area (Å²) >= 11 is 0.